The van der Waals surface area contributed by atoms with E-state index in [1.54, 1.807) is 24.3 Å². The number of carboxylic acid groups (broad SMARTS) is 1. The number of rotatable bonds is 6. The van der Waals surface area contributed by atoms with Crippen LogP contribution in [0.2, 0.25) is 0 Å². The summed E-state index contributed by atoms with van der Waals surface area (Å²) in [6.45, 7) is 4.99. The molecule has 1 heterocycles. The number of hydrogen-bond donors (Lipinski definition) is 2. The van der Waals surface area contributed by atoms with Crippen molar-refractivity contribution in [2.45, 2.75) is 26.9 Å². The molecule has 0 saturated carbocycles. The van der Waals surface area contributed by atoms with E-state index in [9.17, 15) is 24.3 Å². The molecular weight excluding hydrogens is 416 g/mol. The van der Waals surface area contributed by atoms with Gasteiger partial charge in [-0.25, -0.2) is 14.5 Å². The first kappa shape index (κ1) is 22.5. The zero-order chi connectivity index (χ0) is 23.6. The van der Waals surface area contributed by atoms with Gasteiger partial charge in [-0.15, -0.1) is 0 Å². The van der Waals surface area contributed by atoms with Gasteiger partial charge in [0.1, 0.15) is 5.57 Å². The Morgan fingerprint density at radius 3 is 2.38 bits per heavy atom. The van der Waals surface area contributed by atoms with Gasteiger partial charge in [0.25, 0.3) is 11.8 Å². The van der Waals surface area contributed by atoms with Crippen molar-refractivity contribution < 1.29 is 33.8 Å². The molecule has 0 aromatic heterocycles. The highest BCUT2D eigenvalue weighted by atomic mass is 16.5. The van der Waals surface area contributed by atoms with E-state index in [0.717, 1.165) is 16.0 Å². The second kappa shape index (κ2) is 8.93. The van der Waals surface area contributed by atoms with Crippen LogP contribution in [-0.4, -0.2) is 42.1 Å². The summed E-state index contributed by atoms with van der Waals surface area (Å²) < 4.78 is 10.8. The van der Waals surface area contributed by atoms with E-state index in [-0.39, 0.29) is 22.6 Å². The quantitative estimate of drug-likeness (QED) is 0.525. The van der Waals surface area contributed by atoms with Crippen LogP contribution in [0.3, 0.4) is 0 Å². The second-order valence-corrected chi connectivity index (χ2v) is 7.28. The van der Waals surface area contributed by atoms with E-state index in [2.05, 4.69) is 5.32 Å². The number of anilines is 1. The maximum atomic E-state index is 13.2. The molecule has 0 unspecified atom stereocenters. The SMILES string of the molecule is COc1cccc(/C=C2\C(=O)NC(=O)N(c3cc(C)cc(C)c3)C2=O)c1O[C@H](C)C(=O)O. The molecule has 1 fully saturated rings. The lowest BCUT2D eigenvalue weighted by Gasteiger charge is -2.27. The molecule has 1 atom stereocenters. The molecule has 2 N–H and O–H groups in total. The number of aliphatic carboxylic acids is 1. The number of carboxylic acids is 1. The summed E-state index contributed by atoms with van der Waals surface area (Å²) in [5, 5.41) is 11.4. The minimum Gasteiger partial charge on any atom is -0.493 e. The summed E-state index contributed by atoms with van der Waals surface area (Å²) in [5.41, 5.74) is 1.93. The van der Waals surface area contributed by atoms with E-state index in [4.69, 9.17) is 9.47 Å². The summed E-state index contributed by atoms with van der Waals surface area (Å²) in [5.74, 6) is -2.62. The lowest BCUT2D eigenvalue weighted by atomic mass is 10.0. The van der Waals surface area contributed by atoms with Gasteiger partial charge in [-0.2, -0.15) is 0 Å². The van der Waals surface area contributed by atoms with Gasteiger partial charge in [0, 0.05) is 5.56 Å². The Labute approximate surface area is 184 Å². The third-order valence-corrected chi connectivity index (χ3v) is 4.74. The van der Waals surface area contributed by atoms with Crippen LogP contribution in [0, 0.1) is 13.8 Å². The lowest BCUT2D eigenvalue weighted by molar-refractivity contribution is -0.144. The molecule has 1 aliphatic rings. The number of amides is 4. The lowest BCUT2D eigenvalue weighted by Crippen LogP contribution is -2.54. The van der Waals surface area contributed by atoms with E-state index >= 15 is 0 Å². The van der Waals surface area contributed by atoms with Crippen molar-refractivity contribution in [3.05, 3.63) is 58.7 Å². The summed E-state index contributed by atoms with van der Waals surface area (Å²) >= 11 is 0. The standard InChI is InChI=1S/C23H22N2O7/c1-12-8-13(2)10-16(9-12)25-21(27)17(20(26)24-23(25)30)11-15-6-5-7-18(31-4)19(15)32-14(3)22(28)29/h5-11,14H,1-4H3,(H,28,29)(H,24,26,30)/b17-11+/t14-/m1/s1. The highest BCUT2D eigenvalue weighted by Crippen LogP contribution is 2.34. The molecule has 32 heavy (non-hydrogen) atoms. The molecule has 0 aliphatic carbocycles. The number of methoxy groups -OCH3 is 1. The highest BCUT2D eigenvalue weighted by molar-refractivity contribution is 6.39. The first-order valence-electron chi connectivity index (χ1n) is 9.68. The minimum absolute atomic E-state index is 0.0489. The molecule has 9 nitrogen and oxygen atoms in total. The molecule has 4 amide bonds. The van der Waals surface area contributed by atoms with E-state index in [1.165, 1.54) is 26.2 Å². The normalized spacial score (nSPS) is 16.1. The Morgan fingerprint density at radius 1 is 1.12 bits per heavy atom. The molecule has 9 heteroatoms. The van der Waals surface area contributed by atoms with Gasteiger partial charge >= 0.3 is 12.0 Å². The van der Waals surface area contributed by atoms with Crippen LogP contribution in [0.1, 0.15) is 23.6 Å². The third kappa shape index (κ3) is 4.46. The van der Waals surface area contributed by atoms with Crippen molar-refractivity contribution in [1.82, 2.24) is 5.32 Å². The number of ether oxygens (including phenoxy) is 2. The number of nitrogens with one attached hydrogen (secondary N) is 1. The Hall–Kier alpha value is -4.14. The maximum absolute atomic E-state index is 13.2. The molecule has 1 aliphatic heterocycles. The van der Waals surface area contributed by atoms with Crippen molar-refractivity contribution in [3.8, 4) is 11.5 Å². The van der Waals surface area contributed by atoms with Crippen molar-refractivity contribution in [2.75, 3.05) is 12.0 Å². The van der Waals surface area contributed by atoms with Gasteiger partial charge in [-0.3, -0.25) is 14.9 Å². The largest absolute Gasteiger partial charge is 0.493 e. The van der Waals surface area contributed by atoms with Crippen LogP contribution in [0.5, 0.6) is 11.5 Å². The Kier molecular flexibility index (Phi) is 6.29. The van der Waals surface area contributed by atoms with Crippen LogP contribution in [0.4, 0.5) is 10.5 Å². The van der Waals surface area contributed by atoms with Crippen molar-refractivity contribution in [1.29, 1.82) is 0 Å². The smallest absolute Gasteiger partial charge is 0.344 e. The van der Waals surface area contributed by atoms with Crippen molar-refractivity contribution in [2.24, 2.45) is 0 Å². The molecule has 0 radical (unpaired) electrons. The number of imide groups is 2. The first-order chi connectivity index (χ1) is 15.1. The monoisotopic (exact) mass is 438 g/mol. The first-order valence-corrected chi connectivity index (χ1v) is 9.68. The molecular formula is C23H22N2O7. The Balaban J connectivity index is 2.09. The van der Waals surface area contributed by atoms with Crippen molar-refractivity contribution in [3.63, 3.8) is 0 Å². The Bertz CT molecular complexity index is 1130. The zero-order valence-electron chi connectivity index (χ0n) is 18.0. The minimum atomic E-state index is -1.22. The fraction of sp³-hybridized carbons (Fsp3) is 0.217. The average molecular weight is 438 g/mol. The number of nitrogens with zero attached hydrogens (tertiary/aromatic N) is 1. The average Bonchev–Trinajstić information content (AvgIpc) is 2.70. The maximum Gasteiger partial charge on any atom is 0.344 e. The summed E-state index contributed by atoms with van der Waals surface area (Å²) in [6.07, 6.45) is 0.0271. The number of para-hydroxylation sites is 1. The molecule has 1 saturated heterocycles. The van der Waals surface area contributed by atoms with Crippen LogP contribution in [0.25, 0.3) is 6.08 Å². The van der Waals surface area contributed by atoms with Crippen LogP contribution in [-0.2, 0) is 14.4 Å². The number of benzene rings is 2. The number of carbonyl (C=O) groups excluding carboxylic acids is 3. The summed E-state index contributed by atoms with van der Waals surface area (Å²) in [7, 11) is 1.38. The van der Waals surface area contributed by atoms with Crippen molar-refractivity contribution >= 4 is 35.6 Å². The van der Waals surface area contributed by atoms with Crippen LogP contribution < -0.4 is 19.7 Å². The second-order valence-electron chi connectivity index (χ2n) is 7.28. The number of aryl methyl sites for hydroxylation is 2. The van der Waals surface area contributed by atoms with Gasteiger partial charge in [0.05, 0.1) is 12.8 Å². The predicted molar refractivity (Wildman–Crippen MR) is 116 cm³/mol. The molecule has 3 rings (SSSR count). The van der Waals surface area contributed by atoms with Crippen LogP contribution >= 0.6 is 0 Å². The number of urea groups is 1. The molecule has 0 spiro atoms. The molecule has 2 aromatic carbocycles. The Morgan fingerprint density at radius 2 is 1.78 bits per heavy atom. The summed E-state index contributed by atoms with van der Waals surface area (Å²) in [6, 6.07) is 9.04. The van der Waals surface area contributed by atoms with E-state index < -0.39 is 29.9 Å². The van der Waals surface area contributed by atoms with Gasteiger partial charge in [-0.1, -0.05) is 18.2 Å². The van der Waals surface area contributed by atoms with Gasteiger partial charge in [0.2, 0.25) is 0 Å². The molecule has 0 bridgehead atoms. The molecule has 166 valence electrons. The molecule has 2 aromatic rings. The predicted octanol–water partition coefficient (Wildman–Crippen LogP) is 2.83. The summed E-state index contributed by atoms with van der Waals surface area (Å²) in [4.78, 5) is 50.3. The van der Waals surface area contributed by atoms with Crippen LogP contribution in [0.15, 0.2) is 42.0 Å². The number of carbonyl (C=O) groups is 4. The van der Waals surface area contributed by atoms with Gasteiger partial charge < -0.3 is 14.6 Å². The third-order valence-electron chi connectivity index (χ3n) is 4.74. The zero-order valence-corrected chi connectivity index (χ0v) is 18.0. The van der Waals surface area contributed by atoms with Gasteiger partial charge in [-0.05, 0) is 56.2 Å². The fourth-order valence-electron chi connectivity index (χ4n) is 3.29. The number of barbiturate groups is 1. The van der Waals surface area contributed by atoms with E-state index in [1.807, 2.05) is 19.9 Å². The van der Waals surface area contributed by atoms with Gasteiger partial charge in [0.15, 0.2) is 17.6 Å². The fourth-order valence-corrected chi connectivity index (χ4v) is 3.29. The number of hydrogen-bond acceptors (Lipinski definition) is 6. The topological polar surface area (TPSA) is 122 Å². The van der Waals surface area contributed by atoms with E-state index in [0.29, 0.717) is 5.69 Å². The highest BCUT2D eigenvalue weighted by Gasteiger charge is 2.37.